The summed E-state index contributed by atoms with van der Waals surface area (Å²) in [5.41, 5.74) is -0.275. The molecule has 0 fully saturated rings. The number of hydrogen-bond donors (Lipinski definition) is 2. The van der Waals surface area contributed by atoms with Crippen molar-refractivity contribution in [1.82, 2.24) is 0 Å². The van der Waals surface area contributed by atoms with Crippen LogP contribution in [-0.2, 0) is 14.3 Å². The third-order valence-corrected chi connectivity index (χ3v) is 4.97. The molecule has 1 atom stereocenters. The predicted molar refractivity (Wildman–Crippen MR) is 110 cm³/mol. The number of ether oxygens (including phenoxy) is 1. The normalized spacial score (nSPS) is 16.4. The van der Waals surface area contributed by atoms with Crippen LogP contribution < -0.4 is 0 Å². The van der Waals surface area contributed by atoms with Gasteiger partial charge in [0.1, 0.15) is 5.57 Å². The SMILES string of the molecule is CCCCCCCCCCCCCCCC(=O)C1=C(O)C(CO)OC1=O.[Ca+2].[H-].[H-]. The van der Waals surface area contributed by atoms with Crippen molar-refractivity contribution in [2.45, 2.75) is 103 Å². The molecule has 5 nitrogen and oxygen atoms in total. The minimum absolute atomic E-state index is 0. The van der Waals surface area contributed by atoms with Crippen molar-refractivity contribution >= 4 is 49.5 Å². The van der Waals surface area contributed by atoms with E-state index < -0.39 is 24.4 Å². The Bertz CT molecular complexity index is 472. The van der Waals surface area contributed by atoms with E-state index in [0.29, 0.717) is 6.42 Å². The standard InChI is InChI=1S/C21H36O5.Ca.2H/c1-2-3-4-5-6-7-8-9-10-11-12-13-14-15-17(23)19-20(24)18(16-22)26-21(19)25;;;/h18,22,24H,2-16H2,1H3;;;/q;+2;2*-1. The van der Waals surface area contributed by atoms with Gasteiger partial charge >= 0.3 is 43.7 Å². The summed E-state index contributed by atoms with van der Waals surface area (Å²) in [6.07, 6.45) is 15.1. The molecule has 0 aromatic carbocycles. The van der Waals surface area contributed by atoms with E-state index in [0.717, 1.165) is 12.8 Å². The van der Waals surface area contributed by atoms with Crippen molar-refractivity contribution in [3.8, 4) is 0 Å². The second kappa shape index (κ2) is 16.8. The maximum Gasteiger partial charge on any atom is 2.00 e. The maximum atomic E-state index is 12.0. The second-order valence-corrected chi connectivity index (χ2v) is 7.25. The zero-order valence-corrected chi connectivity index (χ0v) is 19.2. The first kappa shape index (κ1) is 26.9. The van der Waals surface area contributed by atoms with Gasteiger partial charge in [-0.3, -0.25) is 4.79 Å². The summed E-state index contributed by atoms with van der Waals surface area (Å²) >= 11 is 0. The Morgan fingerprint density at radius 2 is 1.37 bits per heavy atom. The molecule has 1 unspecified atom stereocenters. The van der Waals surface area contributed by atoms with Crippen LogP contribution in [0.2, 0.25) is 0 Å². The average molecular weight is 411 g/mol. The molecule has 1 aliphatic rings. The molecule has 27 heavy (non-hydrogen) atoms. The Morgan fingerprint density at radius 1 is 0.926 bits per heavy atom. The number of hydrogen-bond acceptors (Lipinski definition) is 5. The van der Waals surface area contributed by atoms with Crippen molar-refractivity contribution in [2.75, 3.05) is 6.61 Å². The number of unbranched alkanes of at least 4 members (excludes halogenated alkanes) is 12. The van der Waals surface area contributed by atoms with Crippen LogP contribution in [0.5, 0.6) is 0 Å². The summed E-state index contributed by atoms with van der Waals surface area (Å²) in [6.45, 7) is 1.74. The Labute approximate surface area is 196 Å². The fraction of sp³-hybridized carbons (Fsp3) is 0.810. The molecular formula is C21H38CaO5. The van der Waals surface area contributed by atoms with Gasteiger partial charge in [0.05, 0.1) is 6.61 Å². The van der Waals surface area contributed by atoms with Gasteiger partial charge in [-0.1, -0.05) is 84.0 Å². The molecule has 0 aliphatic carbocycles. The fourth-order valence-corrected chi connectivity index (χ4v) is 3.32. The molecule has 0 aromatic rings. The van der Waals surface area contributed by atoms with Gasteiger partial charge in [-0.2, -0.15) is 0 Å². The topological polar surface area (TPSA) is 83.8 Å². The fourth-order valence-electron chi connectivity index (χ4n) is 3.32. The van der Waals surface area contributed by atoms with Gasteiger partial charge in [0.2, 0.25) is 0 Å². The van der Waals surface area contributed by atoms with Gasteiger partial charge in [-0.25, -0.2) is 4.79 Å². The Hall–Kier alpha value is -0.100. The molecule has 0 saturated heterocycles. The van der Waals surface area contributed by atoms with Crippen LogP contribution in [0.25, 0.3) is 0 Å². The number of cyclic esters (lactones) is 1. The molecular weight excluding hydrogens is 372 g/mol. The van der Waals surface area contributed by atoms with Crippen LogP contribution in [-0.4, -0.2) is 72.4 Å². The molecule has 0 spiro atoms. The third kappa shape index (κ3) is 10.9. The summed E-state index contributed by atoms with van der Waals surface area (Å²) in [5.74, 6) is -1.62. The molecule has 2 N–H and O–H groups in total. The number of carbonyl (C=O) groups is 2. The van der Waals surface area contributed by atoms with Crippen LogP contribution in [0.4, 0.5) is 0 Å². The first-order valence-corrected chi connectivity index (χ1v) is 10.4. The number of esters is 1. The van der Waals surface area contributed by atoms with Crippen LogP contribution in [0, 0.1) is 0 Å². The first-order chi connectivity index (χ1) is 12.6. The minimum atomic E-state index is -1.08. The van der Waals surface area contributed by atoms with Crippen LogP contribution in [0.1, 0.15) is 99.7 Å². The zero-order valence-electron chi connectivity index (χ0n) is 19.0. The Morgan fingerprint density at radius 3 is 1.78 bits per heavy atom. The van der Waals surface area contributed by atoms with Crippen molar-refractivity contribution in [2.24, 2.45) is 0 Å². The van der Waals surface area contributed by atoms with E-state index in [2.05, 4.69) is 6.92 Å². The molecule has 0 saturated carbocycles. The number of carbonyl (C=O) groups excluding carboxylic acids is 2. The van der Waals surface area contributed by atoms with Crippen LogP contribution in [0.15, 0.2) is 11.3 Å². The first-order valence-electron chi connectivity index (χ1n) is 10.4. The van der Waals surface area contributed by atoms with Gasteiger partial charge in [0.15, 0.2) is 17.6 Å². The van der Waals surface area contributed by atoms with Crippen molar-refractivity contribution in [1.29, 1.82) is 0 Å². The summed E-state index contributed by atoms with van der Waals surface area (Å²) in [7, 11) is 0. The molecule has 1 rings (SSSR count). The smallest absolute Gasteiger partial charge is 1.00 e. The van der Waals surface area contributed by atoms with Gasteiger partial charge in [-0.05, 0) is 6.42 Å². The van der Waals surface area contributed by atoms with Crippen LogP contribution in [0.3, 0.4) is 0 Å². The minimum Gasteiger partial charge on any atom is -1.00 e. The number of rotatable bonds is 16. The van der Waals surface area contributed by atoms with E-state index in [-0.39, 0.29) is 58.4 Å². The average Bonchev–Trinajstić information content (AvgIpc) is 2.92. The third-order valence-electron chi connectivity index (χ3n) is 4.97. The Kier molecular flexibility index (Phi) is 16.8. The summed E-state index contributed by atoms with van der Waals surface area (Å²) in [4.78, 5) is 23.6. The molecule has 1 heterocycles. The number of aliphatic hydroxyl groups excluding tert-OH is 2. The van der Waals surface area contributed by atoms with Gasteiger partial charge in [0.25, 0.3) is 0 Å². The number of Topliss-reactive ketones (excluding diaryl/α,β-unsaturated/α-hetero) is 1. The quantitative estimate of drug-likeness (QED) is 0.168. The summed E-state index contributed by atoms with van der Waals surface area (Å²) in [6, 6.07) is 0. The molecule has 1 aliphatic heterocycles. The summed E-state index contributed by atoms with van der Waals surface area (Å²) in [5, 5.41) is 18.7. The van der Waals surface area contributed by atoms with Gasteiger partial charge < -0.3 is 17.8 Å². The number of aliphatic hydroxyl groups is 2. The van der Waals surface area contributed by atoms with Gasteiger partial charge in [0, 0.05) is 6.42 Å². The molecule has 0 aromatic heterocycles. The summed E-state index contributed by atoms with van der Waals surface area (Å²) < 4.78 is 4.74. The van der Waals surface area contributed by atoms with Gasteiger partial charge in [-0.15, -0.1) is 0 Å². The van der Waals surface area contributed by atoms with E-state index in [9.17, 15) is 14.7 Å². The van der Waals surface area contributed by atoms with Crippen LogP contribution >= 0.6 is 0 Å². The number of ketones is 1. The predicted octanol–water partition coefficient (Wildman–Crippen LogP) is 4.61. The van der Waals surface area contributed by atoms with Crippen molar-refractivity contribution < 1.29 is 27.4 Å². The molecule has 0 bridgehead atoms. The monoisotopic (exact) mass is 410 g/mol. The van der Waals surface area contributed by atoms with E-state index in [4.69, 9.17) is 9.84 Å². The molecule has 6 heteroatoms. The van der Waals surface area contributed by atoms with E-state index in [1.165, 1.54) is 64.2 Å². The van der Waals surface area contributed by atoms with E-state index in [1.807, 2.05) is 0 Å². The largest absolute Gasteiger partial charge is 2.00 e. The van der Waals surface area contributed by atoms with Crippen molar-refractivity contribution in [3.63, 3.8) is 0 Å². The maximum absolute atomic E-state index is 12.0. The van der Waals surface area contributed by atoms with E-state index in [1.54, 1.807) is 0 Å². The zero-order chi connectivity index (χ0) is 19.2. The van der Waals surface area contributed by atoms with E-state index >= 15 is 0 Å². The van der Waals surface area contributed by atoms with Crippen molar-refractivity contribution in [3.05, 3.63) is 11.3 Å². The molecule has 0 amide bonds. The molecule has 0 radical (unpaired) electrons. The molecule has 154 valence electrons. The second-order valence-electron chi connectivity index (χ2n) is 7.25. The Balaban J connectivity index is -0.00000225.